The van der Waals surface area contributed by atoms with Gasteiger partial charge < -0.3 is 0 Å². The second-order valence-corrected chi connectivity index (χ2v) is 10.5. The summed E-state index contributed by atoms with van der Waals surface area (Å²) in [6, 6.07) is 15.6. The molecule has 0 radical (unpaired) electrons. The monoisotopic (exact) mass is 474 g/mol. The zero-order valence-electron chi connectivity index (χ0n) is 19.2. The van der Waals surface area contributed by atoms with Gasteiger partial charge in [-0.3, -0.25) is 14.2 Å². The van der Waals surface area contributed by atoms with Crippen LogP contribution in [0, 0.1) is 27.7 Å². The number of aromatic nitrogens is 2. The summed E-state index contributed by atoms with van der Waals surface area (Å²) in [5.41, 5.74) is 4.62. The first-order valence-corrected chi connectivity index (χ1v) is 12.4. The van der Waals surface area contributed by atoms with Crippen LogP contribution in [-0.4, -0.2) is 15.3 Å². The number of thiophene rings is 1. The zero-order valence-corrected chi connectivity index (χ0v) is 20.8. The van der Waals surface area contributed by atoms with E-state index in [1.807, 2.05) is 76.2 Å². The first-order chi connectivity index (χ1) is 15.8. The maximum atomic E-state index is 13.7. The molecule has 0 N–H and O–H groups in total. The van der Waals surface area contributed by atoms with Crippen molar-refractivity contribution in [3.63, 3.8) is 0 Å². The van der Waals surface area contributed by atoms with E-state index in [1.165, 1.54) is 23.1 Å². The van der Waals surface area contributed by atoms with Gasteiger partial charge in [-0.2, -0.15) is 0 Å². The summed E-state index contributed by atoms with van der Waals surface area (Å²) in [6.07, 6.45) is 1.69. The van der Waals surface area contributed by atoms with E-state index in [9.17, 15) is 9.59 Å². The second kappa shape index (κ2) is 9.49. The van der Waals surface area contributed by atoms with Gasteiger partial charge in [0.05, 0.1) is 5.39 Å². The van der Waals surface area contributed by atoms with Crippen LogP contribution in [0.1, 0.15) is 42.7 Å². The molecule has 0 saturated heterocycles. The van der Waals surface area contributed by atoms with Gasteiger partial charge in [-0.25, -0.2) is 4.98 Å². The van der Waals surface area contributed by atoms with Crippen molar-refractivity contribution in [2.75, 3.05) is 0 Å². The largest absolute Gasteiger partial charge is 0.293 e. The lowest BCUT2D eigenvalue weighted by Crippen LogP contribution is -2.23. The van der Waals surface area contributed by atoms with Crippen molar-refractivity contribution in [2.45, 2.75) is 44.6 Å². The Bertz CT molecular complexity index is 1400. The molecular formula is C27H26N2O2S2. The number of Topliss-reactive ketones (excluding diaryl/α,β-unsaturated/α-hetero) is 1. The predicted molar refractivity (Wildman–Crippen MR) is 139 cm³/mol. The van der Waals surface area contributed by atoms with Crippen molar-refractivity contribution in [3.8, 4) is 0 Å². The molecule has 4 aromatic rings. The summed E-state index contributed by atoms with van der Waals surface area (Å²) in [4.78, 5) is 33.7. The average molecular weight is 475 g/mol. The van der Waals surface area contributed by atoms with Gasteiger partial charge in [0.25, 0.3) is 5.56 Å². The Morgan fingerprint density at radius 2 is 1.67 bits per heavy atom. The Kier molecular flexibility index (Phi) is 6.68. The van der Waals surface area contributed by atoms with Crippen molar-refractivity contribution in [3.05, 3.63) is 104 Å². The third kappa shape index (κ3) is 4.59. The standard InChI is InChI=1S/C27H26N2O2S2/c1-6-15-29-26(31)22-18(4)19(5)32-25(22)28-27(29)33-24(21-13-9-17(3)10-14-21)23(30)20-11-7-16(2)8-12-20/h6-14,24H,1,15H2,2-5H3/t24-/m0/s1. The van der Waals surface area contributed by atoms with Crippen LogP contribution in [-0.2, 0) is 6.54 Å². The molecule has 0 aliphatic rings. The molecule has 0 unspecified atom stereocenters. The van der Waals surface area contributed by atoms with Crippen molar-refractivity contribution >= 4 is 39.1 Å². The van der Waals surface area contributed by atoms with E-state index >= 15 is 0 Å². The summed E-state index contributed by atoms with van der Waals surface area (Å²) in [6.45, 7) is 12.1. The zero-order chi connectivity index (χ0) is 23.7. The topological polar surface area (TPSA) is 52.0 Å². The minimum absolute atomic E-state index is 0.0121. The molecule has 2 aromatic heterocycles. The summed E-state index contributed by atoms with van der Waals surface area (Å²) in [5, 5.41) is 0.649. The smallest absolute Gasteiger partial charge is 0.263 e. The molecule has 0 aliphatic heterocycles. The van der Waals surface area contributed by atoms with E-state index < -0.39 is 5.25 Å². The van der Waals surface area contributed by atoms with Gasteiger partial charge in [0.1, 0.15) is 10.1 Å². The normalized spacial score (nSPS) is 12.1. The summed E-state index contributed by atoms with van der Waals surface area (Å²) < 4.78 is 1.63. The molecule has 33 heavy (non-hydrogen) atoms. The molecule has 0 bridgehead atoms. The third-order valence-corrected chi connectivity index (χ3v) is 8.09. The average Bonchev–Trinajstić information content (AvgIpc) is 3.08. The highest BCUT2D eigenvalue weighted by atomic mass is 32.2. The second-order valence-electron chi connectivity index (χ2n) is 8.20. The number of nitrogens with zero attached hydrogens (tertiary/aromatic N) is 2. The van der Waals surface area contributed by atoms with Crippen LogP contribution in [0.25, 0.3) is 10.2 Å². The van der Waals surface area contributed by atoms with Crippen LogP contribution in [0.4, 0.5) is 0 Å². The molecule has 2 heterocycles. The predicted octanol–water partition coefficient (Wildman–Crippen LogP) is 6.59. The quantitative estimate of drug-likeness (QED) is 0.131. The molecule has 4 rings (SSSR count). The Balaban J connectivity index is 1.86. The van der Waals surface area contributed by atoms with E-state index in [1.54, 1.807) is 10.6 Å². The molecular weight excluding hydrogens is 448 g/mol. The molecule has 2 aromatic carbocycles. The van der Waals surface area contributed by atoms with Crippen molar-refractivity contribution in [2.24, 2.45) is 0 Å². The van der Waals surface area contributed by atoms with Gasteiger partial charge in [-0.05, 0) is 38.8 Å². The number of carbonyl (C=O) groups is 1. The summed E-state index contributed by atoms with van der Waals surface area (Å²) in [5.74, 6) is -0.0121. The number of hydrogen-bond donors (Lipinski definition) is 0. The number of ketones is 1. The number of carbonyl (C=O) groups excluding carboxylic acids is 1. The lowest BCUT2D eigenvalue weighted by atomic mass is 10.0. The van der Waals surface area contributed by atoms with Gasteiger partial charge in [0.15, 0.2) is 10.9 Å². The highest BCUT2D eigenvalue weighted by Gasteiger charge is 2.27. The SMILES string of the molecule is C=CCn1c(S[C@H](C(=O)c2ccc(C)cc2)c2ccc(C)cc2)nc2sc(C)c(C)c2c1=O. The maximum Gasteiger partial charge on any atom is 0.263 e. The number of thioether (sulfide) groups is 1. The Morgan fingerprint density at radius 1 is 1.06 bits per heavy atom. The Hall–Kier alpha value is -2.96. The number of benzene rings is 2. The van der Waals surface area contributed by atoms with Crippen molar-refractivity contribution in [1.29, 1.82) is 0 Å². The van der Waals surface area contributed by atoms with Crippen molar-refractivity contribution in [1.82, 2.24) is 9.55 Å². The first kappa shape index (κ1) is 23.2. The first-order valence-electron chi connectivity index (χ1n) is 10.8. The molecule has 0 saturated carbocycles. The van der Waals surface area contributed by atoms with E-state index in [2.05, 4.69) is 6.58 Å². The molecule has 1 atom stereocenters. The third-order valence-electron chi connectivity index (χ3n) is 5.74. The van der Waals surface area contributed by atoms with Crippen LogP contribution < -0.4 is 5.56 Å². The van der Waals surface area contributed by atoms with Crippen LogP contribution in [0.3, 0.4) is 0 Å². The number of fused-ring (bicyclic) bond motifs is 1. The van der Waals surface area contributed by atoms with Gasteiger partial charge in [0, 0.05) is 17.0 Å². The summed E-state index contributed by atoms with van der Waals surface area (Å²) in [7, 11) is 0. The van der Waals surface area contributed by atoms with Gasteiger partial charge >= 0.3 is 0 Å². The molecule has 0 spiro atoms. The number of hydrogen-bond acceptors (Lipinski definition) is 5. The van der Waals surface area contributed by atoms with Gasteiger partial charge in [-0.15, -0.1) is 17.9 Å². The Labute approximate surface area is 202 Å². The van der Waals surface area contributed by atoms with E-state index in [-0.39, 0.29) is 11.3 Å². The molecule has 4 nitrogen and oxygen atoms in total. The highest BCUT2D eigenvalue weighted by molar-refractivity contribution is 8.00. The number of rotatable bonds is 7. The van der Waals surface area contributed by atoms with Crippen LogP contribution >= 0.6 is 23.1 Å². The van der Waals surface area contributed by atoms with Crippen LogP contribution in [0.5, 0.6) is 0 Å². The molecule has 168 valence electrons. The minimum atomic E-state index is -0.532. The minimum Gasteiger partial charge on any atom is -0.293 e. The molecule has 6 heteroatoms. The lowest BCUT2D eigenvalue weighted by molar-refractivity contribution is 0.0989. The van der Waals surface area contributed by atoms with E-state index in [0.717, 1.165) is 27.1 Å². The van der Waals surface area contributed by atoms with Crippen LogP contribution in [0.15, 0.2) is 71.1 Å². The highest BCUT2D eigenvalue weighted by Crippen LogP contribution is 2.38. The fraction of sp³-hybridized carbons (Fsp3) is 0.222. The Morgan fingerprint density at radius 3 is 2.27 bits per heavy atom. The molecule has 0 aliphatic carbocycles. The fourth-order valence-electron chi connectivity index (χ4n) is 3.68. The fourth-order valence-corrected chi connectivity index (χ4v) is 5.93. The number of allylic oxidation sites excluding steroid dienone is 1. The molecule has 0 fully saturated rings. The molecule has 0 amide bonds. The van der Waals surface area contributed by atoms with Crippen molar-refractivity contribution < 1.29 is 4.79 Å². The number of aryl methyl sites for hydroxylation is 4. The van der Waals surface area contributed by atoms with E-state index in [4.69, 9.17) is 4.98 Å². The van der Waals surface area contributed by atoms with Gasteiger partial charge in [0.2, 0.25) is 0 Å². The van der Waals surface area contributed by atoms with Gasteiger partial charge in [-0.1, -0.05) is 77.5 Å². The summed E-state index contributed by atoms with van der Waals surface area (Å²) >= 11 is 2.84. The van der Waals surface area contributed by atoms with Crippen LogP contribution in [0.2, 0.25) is 0 Å². The van der Waals surface area contributed by atoms with E-state index in [0.29, 0.717) is 27.5 Å². The lowest BCUT2D eigenvalue weighted by Gasteiger charge is -2.18. The maximum absolute atomic E-state index is 13.7.